The molecule has 0 aliphatic carbocycles. The van der Waals surface area contributed by atoms with E-state index in [9.17, 15) is 0 Å². The van der Waals surface area contributed by atoms with Crippen molar-refractivity contribution in [2.75, 3.05) is 32.7 Å². The fraction of sp³-hybridized carbons (Fsp3) is 0.667. The van der Waals surface area contributed by atoms with Crippen molar-refractivity contribution < 1.29 is 0 Å². The van der Waals surface area contributed by atoms with Crippen molar-refractivity contribution in [1.82, 2.24) is 9.80 Å². The number of aryl methyl sites for hydroxylation is 1. The van der Waals surface area contributed by atoms with E-state index in [4.69, 9.17) is 5.73 Å². The van der Waals surface area contributed by atoms with Crippen molar-refractivity contribution in [3.63, 3.8) is 0 Å². The quantitative estimate of drug-likeness (QED) is 0.925. The van der Waals surface area contributed by atoms with Crippen molar-refractivity contribution >= 4 is 0 Å². The van der Waals surface area contributed by atoms with Crippen LogP contribution in [0.3, 0.4) is 0 Å². The van der Waals surface area contributed by atoms with Gasteiger partial charge >= 0.3 is 0 Å². The molecule has 1 saturated heterocycles. The van der Waals surface area contributed by atoms with Crippen molar-refractivity contribution in [1.29, 1.82) is 0 Å². The van der Waals surface area contributed by atoms with Crippen LogP contribution in [0.1, 0.15) is 44.9 Å². The van der Waals surface area contributed by atoms with Crippen LogP contribution in [0.2, 0.25) is 0 Å². The molecule has 118 valence electrons. The zero-order valence-corrected chi connectivity index (χ0v) is 14.1. The molecule has 3 heteroatoms. The van der Waals surface area contributed by atoms with E-state index in [2.05, 4.69) is 61.8 Å². The van der Waals surface area contributed by atoms with Gasteiger partial charge in [-0.3, -0.25) is 9.80 Å². The number of hydrogen-bond donors (Lipinski definition) is 1. The molecule has 1 fully saturated rings. The topological polar surface area (TPSA) is 32.5 Å². The molecule has 0 aromatic heterocycles. The summed E-state index contributed by atoms with van der Waals surface area (Å²) in [7, 11) is 0. The molecule has 0 spiro atoms. The molecule has 2 rings (SSSR count). The molecule has 1 aromatic carbocycles. The van der Waals surface area contributed by atoms with Crippen LogP contribution in [0, 0.1) is 0 Å². The van der Waals surface area contributed by atoms with Crippen LogP contribution < -0.4 is 5.73 Å². The van der Waals surface area contributed by atoms with Gasteiger partial charge in [-0.1, -0.05) is 31.2 Å². The summed E-state index contributed by atoms with van der Waals surface area (Å²) >= 11 is 0. The van der Waals surface area contributed by atoms with Gasteiger partial charge in [0.05, 0.1) is 0 Å². The third kappa shape index (κ3) is 4.53. The van der Waals surface area contributed by atoms with E-state index in [1.54, 1.807) is 0 Å². The third-order valence-electron chi connectivity index (χ3n) is 4.59. The first-order valence-electron chi connectivity index (χ1n) is 8.22. The minimum absolute atomic E-state index is 0.122. The Kier molecular flexibility index (Phi) is 5.42. The highest BCUT2D eigenvalue weighted by atomic mass is 15.3. The number of piperazine rings is 1. The highest BCUT2D eigenvalue weighted by molar-refractivity contribution is 5.25. The first-order chi connectivity index (χ1) is 9.90. The van der Waals surface area contributed by atoms with Crippen molar-refractivity contribution in [3.8, 4) is 0 Å². The minimum Gasteiger partial charge on any atom is -0.323 e. The van der Waals surface area contributed by atoms with E-state index < -0.39 is 0 Å². The fourth-order valence-corrected chi connectivity index (χ4v) is 2.99. The molecule has 21 heavy (non-hydrogen) atoms. The smallest absolute Gasteiger partial charge is 0.0424 e. The van der Waals surface area contributed by atoms with Gasteiger partial charge in [0.2, 0.25) is 0 Å². The third-order valence-corrected chi connectivity index (χ3v) is 4.59. The normalized spacial score (nSPS) is 19.7. The summed E-state index contributed by atoms with van der Waals surface area (Å²) in [6, 6.07) is 8.90. The van der Waals surface area contributed by atoms with Gasteiger partial charge in [0.15, 0.2) is 0 Å². The summed E-state index contributed by atoms with van der Waals surface area (Å²) in [5.41, 5.74) is 9.30. The molecule has 2 N–H and O–H groups in total. The first kappa shape index (κ1) is 16.5. The van der Waals surface area contributed by atoms with Crippen LogP contribution in [-0.4, -0.2) is 48.1 Å². The lowest BCUT2D eigenvalue weighted by Crippen LogP contribution is -2.54. The lowest BCUT2D eigenvalue weighted by molar-refractivity contribution is 0.0598. The van der Waals surface area contributed by atoms with Gasteiger partial charge in [-0.2, -0.15) is 0 Å². The Hall–Kier alpha value is -0.900. The summed E-state index contributed by atoms with van der Waals surface area (Å²) in [5, 5.41) is 0. The zero-order chi connectivity index (χ0) is 15.5. The number of nitrogens with two attached hydrogens (primary N) is 1. The number of benzene rings is 1. The van der Waals surface area contributed by atoms with Gasteiger partial charge in [-0.15, -0.1) is 0 Å². The SMILES string of the molecule is CCc1ccc(C(N)CN2CCN(C(C)(C)C)CC2)cc1. The molecule has 1 heterocycles. The Morgan fingerprint density at radius 1 is 1.05 bits per heavy atom. The maximum absolute atomic E-state index is 6.38. The monoisotopic (exact) mass is 289 g/mol. The average Bonchev–Trinajstić information content (AvgIpc) is 2.47. The van der Waals surface area contributed by atoms with Crippen LogP contribution in [0.25, 0.3) is 0 Å². The molecule has 1 aliphatic rings. The Morgan fingerprint density at radius 3 is 2.10 bits per heavy atom. The second-order valence-corrected chi connectivity index (χ2v) is 7.16. The number of hydrogen-bond acceptors (Lipinski definition) is 3. The Bertz CT molecular complexity index is 425. The summed E-state index contributed by atoms with van der Waals surface area (Å²) in [6.07, 6.45) is 1.09. The summed E-state index contributed by atoms with van der Waals surface area (Å²) in [5.74, 6) is 0. The number of rotatable bonds is 4. The summed E-state index contributed by atoms with van der Waals surface area (Å²) in [6.45, 7) is 14.6. The molecule has 0 radical (unpaired) electrons. The predicted molar refractivity (Wildman–Crippen MR) is 90.5 cm³/mol. The average molecular weight is 289 g/mol. The van der Waals surface area contributed by atoms with Crippen LogP contribution in [-0.2, 0) is 6.42 Å². The van der Waals surface area contributed by atoms with Gasteiger partial charge < -0.3 is 5.73 Å². The Balaban J connectivity index is 1.85. The van der Waals surface area contributed by atoms with Gasteiger partial charge in [-0.25, -0.2) is 0 Å². The second kappa shape index (κ2) is 6.91. The summed E-state index contributed by atoms with van der Waals surface area (Å²) < 4.78 is 0. The van der Waals surface area contributed by atoms with Crippen LogP contribution in [0.15, 0.2) is 24.3 Å². The minimum atomic E-state index is 0.122. The van der Waals surface area contributed by atoms with Gasteiger partial charge in [0, 0.05) is 44.3 Å². The van der Waals surface area contributed by atoms with E-state index in [1.807, 2.05) is 0 Å². The van der Waals surface area contributed by atoms with E-state index >= 15 is 0 Å². The van der Waals surface area contributed by atoms with E-state index in [1.165, 1.54) is 11.1 Å². The lowest BCUT2D eigenvalue weighted by atomic mass is 10.0. The molecule has 0 amide bonds. The van der Waals surface area contributed by atoms with Crippen molar-refractivity contribution in [2.24, 2.45) is 5.73 Å². The highest BCUT2D eigenvalue weighted by Gasteiger charge is 2.26. The molecule has 3 nitrogen and oxygen atoms in total. The fourth-order valence-electron chi connectivity index (χ4n) is 2.99. The second-order valence-electron chi connectivity index (χ2n) is 7.16. The van der Waals surface area contributed by atoms with Crippen molar-refractivity contribution in [2.45, 2.75) is 45.7 Å². The first-order valence-corrected chi connectivity index (χ1v) is 8.22. The van der Waals surface area contributed by atoms with E-state index in [0.717, 1.165) is 39.1 Å². The molecule has 0 bridgehead atoms. The van der Waals surface area contributed by atoms with Gasteiger partial charge in [0.25, 0.3) is 0 Å². The Morgan fingerprint density at radius 2 is 1.62 bits per heavy atom. The Labute approximate surface area is 130 Å². The van der Waals surface area contributed by atoms with Crippen molar-refractivity contribution in [3.05, 3.63) is 35.4 Å². The number of nitrogens with zero attached hydrogens (tertiary/aromatic N) is 2. The largest absolute Gasteiger partial charge is 0.323 e. The maximum atomic E-state index is 6.38. The summed E-state index contributed by atoms with van der Waals surface area (Å²) in [4.78, 5) is 5.06. The molecule has 1 aliphatic heterocycles. The van der Waals surface area contributed by atoms with Crippen LogP contribution in [0.4, 0.5) is 0 Å². The molecular formula is C18H31N3. The lowest BCUT2D eigenvalue weighted by Gasteiger charge is -2.42. The van der Waals surface area contributed by atoms with E-state index in [0.29, 0.717) is 0 Å². The molecule has 1 unspecified atom stereocenters. The van der Waals surface area contributed by atoms with E-state index in [-0.39, 0.29) is 11.6 Å². The molecule has 1 aromatic rings. The predicted octanol–water partition coefficient (Wildman–Crippen LogP) is 2.66. The van der Waals surface area contributed by atoms with Crippen LogP contribution in [0.5, 0.6) is 0 Å². The van der Waals surface area contributed by atoms with Gasteiger partial charge in [-0.05, 0) is 38.3 Å². The zero-order valence-electron chi connectivity index (χ0n) is 14.1. The molecular weight excluding hydrogens is 258 g/mol. The van der Waals surface area contributed by atoms with Crippen LogP contribution >= 0.6 is 0 Å². The maximum Gasteiger partial charge on any atom is 0.0424 e. The van der Waals surface area contributed by atoms with Gasteiger partial charge in [0.1, 0.15) is 0 Å². The highest BCUT2D eigenvalue weighted by Crippen LogP contribution is 2.18. The molecule has 1 atom stereocenters. The standard InChI is InChI=1S/C18H31N3/c1-5-15-6-8-16(9-7-15)17(19)14-20-10-12-21(13-11-20)18(2,3)4/h6-9,17H,5,10-14,19H2,1-4H3. The molecule has 0 saturated carbocycles.